The number of carbonyl (C=O) groups is 1. The molecule has 2 unspecified atom stereocenters. The van der Waals surface area contributed by atoms with Crippen molar-refractivity contribution in [2.75, 3.05) is 0 Å². The van der Waals surface area contributed by atoms with Crippen molar-refractivity contribution < 1.29 is 14.6 Å². The topological polar surface area (TPSA) is 46.5 Å². The molecule has 2 atom stereocenters. The molecule has 0 aliphatic rings. The Morgan fingerprint density at radius 2 is 1.70 bits per heavy atom. The average molecular weight is 308 g/mol. The van der Waals surface area contributed by atoms with Crippen LogP contribution in [-0.4, -0.2) is 17.2 Å². The van der Waals surface area contributed by atoms with Crippen LogP contribution in [0.25, 0.3) is 0 Å². The summed E-state index contributed by atoms with van der Waals surface area (Å²) in [5, 5.41) is 10.9. The first-order valence-corrected chi connectivity index (χ1v) is 7.63. The van der Waals surface area contributed by atoms with Crippen LogP contribution in [0.15, 0.2) is 60.7 Å². The van der Waals surface area contributed by atoms with Gasteiger partial charge < -0.3 is 9.84 Å². The molecule has 2 aromatic carbocycles. The molecule has 0 spiro atoms. The van der Waals surface area contributed by atoms with Crippen LogP contribution >= 0.6 is 0 Å². The van der Waals surface area contributed by atoms with Crippen molar-refractivity contribution >= 4 is 5.97 Å². The normalized spacial score (nSPS) is 14.0. The minimum atomic E-state index is -1.99. The molecule has 0 fully saturated rings. The van der Waals surface area contributed by atoms with E-state index < -0.39 is 11.6 Å². The highest BCUT2D eigenvalue weighted by Gasteiger charge is 2.38. The number of carbonyl (C=O) groups excluding carboxylic acids is 1. The zero-order chi connectivity index (χ0) is 16.7. The van der Waals surface area contributed by atoms with Crippen molar-refractivity contribution in [3.05, 3.63) is 71.8 Å². The summed E-state index contributed by atoms with van der Waals surface area (Å²) in [5.74, 6) is 4.80. The van der Waals surface area contributed by atoms with Crippen LogP contribution < -0.4 is 0 Å². The Labute approximate surface area is 136 Å². The van der Waals surface area contributed by atoms with Crippen LogP contribution in [0.5, 0.6) is 0 Å². The summed E-state index contributed by atoms with van der Waals surface area (Å²) in [5.41, 5.74) is -0.865. The monoisotopic (exact) mass is 308 g/mol. The second kappa shape index (κ2) is 7.62. The molecule has 0 radical (unpaired) electrons. The standard InChI is InChI=1S/C20H20O3/c1-3-16(2)23-19(21)20(22,18-12-8-5-9-13-18)15-14-17-10-6-4-7-11-17/h4-13,16,22H,3H2,1-2H3. The second-order valence-electron chi connectivity index (χ2n) is 5.32. The Kier molecular flexibility index (Phi) is 5.56. The van der Waals surface area contributed by atoms with E-state index >= 15 is 0 Å². The fourth-order valence-corrected chi connectivity index (χ4v) is 1.96. The fraction of sp³-hybridized carbons (Fsp3) is 0.250. The maximum Gasteiger partial charge on any atom is 0.356 e. The number of rotatable bonds is 4. The molecule has 0 saturated heterocycles. The summed E-state index contributed by atoms with van der Waals surface area (Å²) in [6.07, 6.45) is 0.388. The van der Waals surface area contributed by atoms with E-state index in [1.54, 1.807) is 31.2 Å². The van der Waals surface area contributed by atoms with E-state index in [9.17, 15) is 9.90 Å². The molecule has 0 saturated carbocycles. The van der Waals surface area contributed by atoms with Gasteiger partial charge in [-0.05, 0) is 31.4 Å². The van der Waals surface area contributed by atoms with E-state index in [0.717, 1.165) is 5.56 Å². The fourth-order valence-electron chi connectivity index (χ4n) is 1.96. The van der Waals surface area contributed by atoms with Crippen molar-refractivity contribution in [2.24, 2.45) is 0 Å². The van der Waals surface area contributed by atoms with Crippen LogP contribution in [0.2, 0.25) is 0 Å². The lowest BCUT2D eigenvalue weighted by Crippen LogP contribution is -2.37. The van der Waals surface area contributed by atoms with Crippen molar-refractivity contribution in [3.8, 4) is 11.8 Å². The van der Waals surface area contributed by atoms with Gasteiger partial charge in [-0.3, -0.25) is 0 Å². The van der Waals surface area contributed by atoms with Crippen LogP contribution in [-0.2, 0) is 15.1 Å². The molecule has 0 aliphatic carbocycles. The van der Waals surface area contributed by atoms with Crippen molar-refractivity contribution in [3.63, 3.8) is 0 Å². The smallest absolute Gasteiger partial charge is 0.356 e. The zero-order valence-electron chi connectivity index (χ0n) is 13.3. The highest BCUT2D eigenvalue weighted by atomic mass is 16.6. The van der Waals surface area contributed by atoms with Gasteiger partial charge in [0.2, 0.25) is 0 Å². The SMILES string of the molecule is CCC(C)OC(=O)C(O)(C#Cc1ccccc1)c1ccccc1. The Hall–Kier alpha value is -2.57. The maximum absolute atomic E-state index is 12.5. The summed E-state index contributed by atoms with van der Waals surface area (Å²) in [7, 11) is 0. The molecule has 1 N–H and O–H groups in total. The number of benzene rings is 2. The highest BCUT2D eigenvalue weighted by Crippen LogP contribution is 2.23. The lowest BCUT2D eigenvalue weighted by Gasteiger charge is -2.23. The molecule has 3 heteroatoms. The van der Waals surface area contributed by atoms with Crippen molar-refractivity contribution in [2.45, 2.75) is 32.0 Å². The molecule has 2 aromatic rings. The molecule has 118 valence electrons. The summed E-state index contributed by atoms with van der Waals surface area (Å²) >= 11 is 0. The summed E-state index contributed by atoms with van der Waals surface area (Å²) in [4.78, 5) is 12.5. The number of hydrogen-bond acceptors (Lipinski definition) is 3. The summed E-state index contributed by atoms with van der Waals surface area (Å²) in [6.45, 7) is 3.70. The van der Waals surface area contributed by atoms with Gasteiger partial charge in [-0.25, -0.2) is 4.79 Å². The number of ether oxygens (including phenoxy) is 1. The zero-order valence-corrected chi connectivity index (χ0v) is 13.3. The predicted molar refractivity (Wildman–Crippen MR) is 89.5 cm³/mol. The predicted octanol–water partition coefficient (Wildman–Crippen LogP) is 3.27. The Balaban J connectivity index is 2.40. The molecule has 23 heavy (non-hydrogen) atoms. The van der Waals surface area contributed by atoms with E-state index in [1.807, 2.05) is 43.3 Å². The lowest BCUT2D eigenvalue weighted by atomic mass is 9.94. The first-order chi connectivity index (χ1) is 11.1. The average Bonchev–Trinajstić information content (AvgIpc) is 2.61. The first kappa shape index (κ1) is 16.8. The van der Waals surface area contributed by atoms with E-state index in [1.165, 1.54) is 0 Å². The quantitative estimate of drug-likeness (QED) is 0.696. The third-order valence-electron chi connectivity index (χ3n) is 3.53. The van der Waals surface area contributed by atoms with Crippen LogP contribution in [0.3, 0.4) is 0 Å². The number of hydrogen-bond donors (Lipinski definition) is 1. The molecular weight excluding hydrogens is 288 g/mol. The van der Waals surface area contributed by atoms with Gasteiger partial charge in [0.15, 0.2) is 0 Å². The van der Waals surface area contributed by atoms with E-state index in [-0.39, 0.29) is 6.10 Å². The Bertz CT molecular complexity index is 698. The number of aliphatic hydroxyl groups is 1. The molecule has 3 nitrogen and oxygen atoms in total. The molecule has 0 aromatic heterocycles. The van der Waals surface area contributed by atoms with Crippen LogP contribution in [0.1, 0.15) is 31.4 Å². The van der Waals surface area contributed by atoms with Gasteiger partial charge in [-0.15, -0.1) is 0 Å². The minimum absolute atomic E-state index is 0.281. The third kappa shape index (κ3) is 4.21. The molecule has 0 aliphatic heterocycles. The van der Waals surface area contributed by atoms with E-state index in [2.05, 4.69) is 11.8 Å². The largest absolute Gasteiger partial charge is 0.460 e. The minimum Gasteiger partial charge on any atom is -0.460 e. The Morgan fingerprint density at radius 1 is 1.13 bits per heavy atom. The first-order valence-electron chi connectivity index (χ1n) is 7.63. The molecule has 2 rings (SSSR count). The third-order valence-corrected chi connectivity index (χ3v) is 3.53. The Morgan fingerprint density at radius 3 is 2.26 bits per heavy atom. The van der Waals surface area contributed by atoms with Crippen LogP contribution in [0, 0.1) is 11.8 Å². The summed E-state index contributed by atoms with van der Waals surface area (Å²) in [6, 6.07) is 17.9. The second-order valence-corrected chi connectivity index (χ2v) is 5.32. The highest BCUT2D eigenvalue weighted by molar-refractivity contribution is 5.85. The lowest BCUT2D eigenvalue weighted by molar-refractivity contribution is -0.165. The number of esters is 1. The van der Waals surface area contributed by atoms with E-state index in [4.69, 9.17) is 4.74 Å². The van der Waals surface area contributed by atoms with Gasteiger partial charge in [0.25, 0.3) is 5.60 Å². The molecule has 0 amide bonds. The molecule has 0 bridgehead atoms. The molecule has 0 heterocycles. The van der Waals surface area contributed by atoms with Gasteiger partial charge in [0.1, 0.15) is 0 Å². The van der Waals surface area contributed by atoms with Gasteiger partial charge in [0.05, 0.1) is 6.10 Å². The van der Waals surface area contributed by atoms with Crippen molar-refractivity contribution in [1.29, 1.82) is 0 Å². The van der Waals surface area contributed by atoms with E-state index in [0.29, 0.717) is 12.0 Å². The molecular formula is C20H20O3. The van der Waals surface area contributed by atoms with Gasteiger partial charge in [-0.1, -0.05) is 61.4 Å². The summed E-state index contributed by atoms with van der Waals surface area (Å²) < 4.78 is 5.32. The van der Waals surface area contributed by atoms with Gasteiger partial charge in [0, 0.05) is 11.1 Å². The van der Waals surface area contributed by atoms with Crippen LogP contribution in [0.4, 0.5) is 0 Å². The maximum atomic E-state index is 12.5. The van der Waals surface area contributed by atoms with Crippen molar-refractivity contribution in [1.82, 2.24) is 0 Å². The van der Waals surface area contributed by atoms with Gasteiger partial charge >= 0.3 is 5.97 Å². The van der Waals surface area contributed by atoms with Gasteiger partial charge in [-0.2, -0.15) is 0 Å².